The van der Waals surface area contributed by atoms with E-state index < -0.39 is 11.9 Å². The highest BCUT2D eigenvalue weighted by Gasteiger charge is 2.34. The molecule has 1 unspecified atom stereocenters. The van der Waals surface area contributed by atoms with E-state index >= 15 is 0 Å². The highest BCUT2D eigenvalue weighted by Crippen LogP contribution is 2.26. The minimum absolute atomic E-state index is 0.0155. The molecule has 1 atom stereocenters. The fourth-order valence-corrected chi connectivity index (χ4v) is 2.83. The van der Waals surface area contributed by atoms with Crippen LogP contribution in [0.4, 0.5) is 5.69 Å². The molecule has 0 aromatic heterocycles. The average molecular weight is 353 g/mol. The van der Waals surface area contributed by atoms with Gasteiger partial charge >= 0.3 is 5.97 Å². The first kappa shape index (κ1) is 18.3. The number of likely N-dealkylation sites (tertiary alicyclic amines) is 1. The molecule has 1 aliphatic heterocycles. The molecule has 0 radical (unpaired) electrons. The van der Waals surface area contributed by atoms with Crippen molar-refractivity contribution in [2.45, 2.75) is 20.3 Å². The Kier molecular flexibility index (Phi) is 5.83. The number of carbonyl (C=O) groups is 3. The van der Waals surface area contributed by atoms with Crippen molar-refractivity contribution < 1.29 is 19.1 Å². The maximum atomic E-state index is 12.4. The predicted molar refractivity (Wildman–Crippen MR) is 90.9 cm³/mol. The van der Waals surface area contributed by atoms with E-state index in [9.17, 15) is 14.4 Å². The van der Waals surface area contributed by atoms with Crippen LogP contribution in [0.25, 0.3) is 0 Å². The van der Waals surface area contributed by atoms with Crippen LogP contribution in [0.1, 0.15) is 30.6 Å². The summed E-state index contributed by atoms with van der Waals surface area (Å²) in [5.41, 5.74) is 0.625. The second-order valence-electron chi connectivity index (χ2n) is 6.27. The largest absolute Gasteiger partial charge is 0.465 e. The molecule has 24 heavy (non-hydrogen) atoms. The third-order valence-corrected chi connectivity index (χ3v) is 4.15. The van der Waals surface area contributed by atoms with Crippen LogP contribution in [-0.2, 0) is 14.3 Å². The zero-order valence-corrected chi connectivity index (χ0v) is 14.7. The van der Waals surface area contributed by atoms with Crippen LogP contribution in [0.2, 0.25) is 5.02 Å². The summed E-state index contributed by atoms with van der Waals surface area (Å²) in [5, 5.41) is 3.03. The second kappa shape index (κ2) is 7.66. The molecule has 130 valence electrons. The molecule has 0 bridgehead atoms. The minimum atomic E-state index is -0.513. The lowest BCUT2D eigenvalue weighted by molar-refractivity contribution is -0.128. The molecular formula is C17H21ClN2O4. The van der Waals surface area contributed by atoms with E-state index in [1.54, 1.807) is 4.90 Å². The molecule has 0 aliphatic carbocycles. The van der Waals surface area contributed by atoms with Gasteiger partial charge in [-0.3, -0.25) is 9.59 Å². The summed E-state index contributed by atoms with van der Waals surface area (Å²) in [7, 11) is 1.28. The third kappa shape index (κ3) is 4.26. The number of nitrogens with zero attached hydrogens (tertiary/aromatic N) is 1. The van der Waals surface area contributed by atoms with E-state index in [0.717, 1.165) is 0 Å². The molecule has 0 spiro atoms. The first-order valence-corrected chi connectivity index (χ1v) is 8.16. The number of halogens is 1. The number of amides is 2. The van der Waals surface area contributed by atoms with Gasteiger partial charge in [0.15, 0.2) is 0 Å². The predicted octanol–water partition coefficient (Wildman–Crippen LogP) is 2.57. The van der Waals surface area contributed by atoms with Gasteiger partial charge < -0.3 is 15.0 Å². The third-order valence-electron chi connectivity index (χ3n) is 3.82. The highest BCUT2D eigenvalue weighted by molar-refractivity contribution is 6.33. The van der Waals surface area contributed by atoms with Crippen LogP contribution in [0.15, 0.2) is 18.2 Å². The smallest absolute Gasteiger partial charge is 0.337 e. The molecule has 1 heterocycles. The van der Waals surface area contributed by atoms with Gasteiger partial charge in [0.1, 0.15) is 0 Å². The van der Waals surface area contributed by atoms with Crippen LogP contribution in [0.5, 0.6) is 0 Å². The molecular weight excluding hydrogens is 332 g/mol. The van der Waals surface area contributed by atoms with Gasteiger partial charge in [0, 0.05) is 19.5 Å². The maximum Gasteiger partial charge on any atom is 0.337 e. The van der Waals surface area contributed by atoms with Crippen molar-refractivity contribution >= 4 is 35.1 Å². The molecule has 2 rings (SSSR count). The molecule has 1 aromatic rings. The first-order valence-electron chi connectivity index (χ1n) is 7.78. The first-order chi connectivity index (χ1) is 11.3. The quantitative estimate of drug-likeness (QED) is 0.826. The van der Waals surface area contributed by atoms with Crippen molar-refractivity contribution in [1.82, 2.24) is 4.90 Å². The Morgan fingerprint density at radius 2 is 2.12 bits per heavy atom. The van der Waals surface area contributed by atoms with Crippen molar-refractivity contribution in [3.63, 3.8) is 0 Å². The number of hydrogen-bond donors (Lipinski definition) is 1. The van der Waals surface area contributed by atoms with Crippen LogP contribution >= 0.6 is 11.6 Å². The highest BCUT2D eigenvalue weighted by atomic mass is 35.5. The Morgan fingerprint density at radius 1 is 1.42 bits per heavy atom. The molecule has 1 fully saturated rings. The molecule has 0 saturated carbocycles. The Hall–Kier alpha value is -2.08. The zero-order chi connectivity index (χ0) is 17.9. The van der Waals surface area contributed by atoms with Crippen molar-refractivity contribution in [2.75, 3.05) is 25.5 Å². The maximum absolute atomic E-state index is 12.4. The second-order valence-corrected chi connectivity index (χ2v) is 6.68. The summed E-state index contributed by atoms with van der Waals surface area (Å²) in [6.07, 6.45) is 0.187. The lowest BCUT2D eigenvalue weighted by Crippen LogP contribution is -2.31. The summed E-state index contributed by atoms with van der Waals surface area (Å²) >= 11 is 6.08. The Bertz CT molecular complexity index is 660. The van der Waals surface area contributed by atoms with Gasteiger partial charge in [-0.2, -0.15) is 0 Å². The number of esters is 1. The minimum Gasteiger partial charge on any atom is -0.465 e. The number of benzene rings is 1. The van der Waals surface area contributed by atoms with Gasteiger partial charge in [0.25, 0.3) is 0 Å². The van der Waals surface area contributed by atoms with Crippen LogP contribution in [-0.4, -0.2) is 42.9 Å². The van der Waals surface area contributed by atoms with Crippen LogP contribution < -0.4 is 5.32 Å². The molecule has 1 aromatic carbocycles. The summed E-state index contributed by atoms with van der Waals surface area (Å²) in [5.74, 6) is -0.880. The Labute approximate surface area is 146 Å². The van der Waals surface area contributed by atoms with Gasteiger partial charge in [-0.05, 0) is 24.1 Å². The van der Waals surface area contributed by atoms with Crippen molar-refractivity contribution in [1.29, 1.82) is 0 Å². The van der Waals surface area contributed by atoms with E-state index in [2.05, 4.69) is 10.1 Å². The number of ether oxygens (including phenoxy) is 1. The van der Waals surface area contributed by atoms with Crippen LogP contribution in [0, 0.1) is 11.8 Å². The molecule has 6 nitrogen and oxygen atoms in total. The van der Waals surface area contributed by atoms with Crippen molar-refractivity contribution in [2.24, 2.45) is 11.8 Å². The Morgan fingerprint density at radius 3 is 2.75 bits per heavy atom. The van der Waals surface area contributed by atoms with E-state index in [4.69, 9.17) is 11.6 Å². The fraction of sp³-hybridized carbons (Fsp3) is 0.471. The van der Waals surface area contributed by atoms with E-state index in [1.807, 2.05) is 13.8 Å². The summed E-state index contributed by atoms with van der Waals surface area (Å²) in [6, 6.07) is 4.51. The number of methoxy groups -OCH3 is 1. The Balaban J connectivity index is 2.07. The standard InChI is InChI=1S/C17H21ClN2O4/c1-10(2)8-20-9-12(7-15(20)21)16(22)19-14-6-11(17(23)24-3)4-5-13(14)18/h4-6,10,12H,7-9H2,1-3H3,(H,19,22). The van der Waals surface area contributed by atoms with Gasteiger partial charge in [0.05, 0.1) is 29.3 Å². The van der Waals surface area contributed by atoms with Crippen LogP contribution in [0.3, 0.4) is 0 Å². The molecule has 1 N–H and O–H groups in total. The molecule has 2 amide bonds. The van der Waals surface area contributed by atoms with E-state index in [1.165, 1.54) is 25.3 Å². The summed E-state index contributed by atoms with van der Waals surface area (Å²) in [4.78, 5) is 37.7. The monoisotopic (exact) mass is 352 g/mol. The number of nitrogens with one attached hydrogen (secondary N) is 1. The normalized spacial score (nSPS) is 17.3. The lowest BCUT2D eigenvalue weighted by Gasteiger charge is -2.18. The van der Waals surface area contributed by atoms with Gasteiger partial charge in [-0.25, -0.2) is 4.79 Å². The molecule has 7 heteroatoms. The summed E-state index contributed by atoms with van der Waals surface area (Å²) < 4.78 is 4.65. The number of rotatable bonds is 5. The summed E-state index contributed by atoms with van der Waals surface area (Å²) in [6.45, 7) is 5.09. The number of hydrogen-bond acceptors (Lipinski definition) is 4. The molecule has 1 aliphatic rings. The average Bonchev–Trinajstić information content (AvgIpc) is 2.89. The molecule has 1 saturated heterocycles. The van der Waals surface area contributed by atoms with Crippen molar-refractivity contribution in [3.05, 3.63) is 28.8 Å². The number of carbonyl (C=O) groups excluding carboxylic acids is 3. The SMILES string of the molecule is COC(=O)c1ccc(Cl)c(NC(=O)C2CC(=O)N(CC(C)C)C2)c1. The van der Waals surface area contributed by atoms with Crippen molar-refractivity contribution in [3.8, 4) is 0 Å². The van der Waals surface area contributed by atoms with Gasteiger partial charge in [-0.1, -0.05) is 25.4 Å². The topological polar surface area (TPSA) is 75.7 Å². The van der Waals surface area contributed by atoms with Gasteiger partial charge in [-0.15, -0.1) is 0 Å². The van der Waals surface area contributed by atoms with Gasteiger partial charge in [0.2, 0.25) is 11.8 Å². The lowest BCUT2D eigenvalue weighted by atomic mass is 10.1. The zero-order valence-electron chi connectivity index (χ0n) is 14.0. The van der Waals surface area contributed by atoms with E-state index in [-0.39, 0.29) is 18.2 Å². The number of anilines is 1. The van der Waals surface area contributed by atoms with E-state index in [0.29, 0.717) is 35.3 Å². The fourth-order valence-electron chi connectivity index (χ4n) is 2.67.